The smallest absolute Gasteiger partial charge is 0.251 e. The van der Waals surface area contributed by atoms with E-state index in [1.165, 1.54) is 5.56 Å². The molecule has 0 spiro atoms. The van der Waals surface area contributed by atoms with Crippen LogP contribution in [0.3, 0.4) is 0 Å². The van der Waals surface area contributed by atoms with Crippen molar-refractivity contribution in [2.24, 2.45) is 5.92 Å². The Balaban J connectivity index is 1.46. The zero-order valence-electron chi connectivity index (χ0n) is 15.6. The third-order valence-electron chi connectivity index (χ3n) is 5.57. The highest BCUT2D eigenvalue weighted by Gasteiger charge is 2.25. The molecule has 2 aliphatic heterocycles. The molecule has 1 amide bonds. The zero-order valence-corrected chi connectivity index (χ0v) is 15.6. The summed E-state index contributed by atoms with van der Waals surface area (Å²) in [6, 6.07) is 4.12. The number of fused-ring (bicyclic) bond motifs is 1. The summed E-state index contributed by atoms with van der Waals surface area (Å²) < 4.78 is 26.8. The van der Waals surface area contributed by atoms with Crippen LogP contribution in [0.4, 0.5) is 14.5 Å². The highest BCUT2D eigenvalue weighted by atomic mass is 19.3. The van der Waals surface area contributed by atoms with E-state index in [1.54, 1.807) is 15.6 Å². The standard InChI is InChI=1S/C19H24F2N6O/c20-17(21)12-25-5-1-13(2-6-25)9-14-3-8-27-15(10-14)16(11-23-27)26-7-4-18(28)24-19(26)22/h3,8,10-11,13,17H,1-2,4-7,9,12H2,(H2,22,24,28). The van der Waals surface area contributed by atoms with Crippen LogP contribution in [-0.2, 0) is 11.2 Å². The summed E-state index contributed by atoms with van der Waals surface area (Å²) in [5.41, 5.74) is 2.88. The van der Waals surface area contributed by atoms with Gasteiger partial charge < -0.3 is 4.90 Å². The molecule has 0 radical (unpaired) electrons. The number of nitrogens with zero attached hydrogens (tertiary/aromatic N) is 4. The van der Waals surface area contributed by atoms with Crippen LogP contribution >= 0.6 is 0 Å². The number of guanidine groups is 1. The lowest BCUT2D eigenvalue weighted by Crippen LogP contribution is -2.50. The van der Waals surface area contributed by atoms with Crippen LogP contribution in [0.1, 0.15) is 24.8 Å². The Hall–Kier alpha value is -2.55. The summed E-state index contributed by atoms with van der Waals surface area (Å²) in [6.45, 7) is 1.77. The lowest BCUT2D eigenvalue weighted by Gasteiger charge is -2.31. The Kier molecular flexibility index (Phi) is 5.25. The van der Waals surface area contributed by atoms with Crippen molar-refractivity contribution in [3.63, 3.8) is 0 Å². The van der Waals surface area contributed by atoms with E-state index in [-0.39, 0.29) is 18.4 Å². The molecule has 7 nitrogen and oxygen atoms in total. The van der Waals surface area contributed by atoms with Gasteiger partial charge in [-0.05, 0) is 56.0 Å². The number of amides is 1. The van der Waals surface area contributed by atoms with Crippen LogP contribution in [0.25, 0.3) is 5.52 Å². The van der Waals surface area contributed by atoms with E-state index in [1.807, 2.05) is 17.2 Å². The molecule has 0 aromatic carbocycles. The first kappa shape index (κ1) is 18.8. The normalized spacial score (nSPS) is 19.6. The minimum atomic E-state index is -2.27. The molecule has 0 saturated carbocycles. The first-order valence-electron chi connectivity index (χ1n) is 9.62. The Labute approximate surface area is 161 Å². The number of alkyl halides is 2. The number of halogens is 2. The summed E-state index contributed by atoms with van der Waals surface area (Å²) in [6.07, 6.45) is 4.45. The fourth-order valence-corrected chi connectivity index (χ4v) is 4.08. The predicted octanol–water partition coefficient (Wildman–Crippen LogP) is 2.11. The number of pyridine rings is 1. The van der Waals surface area contributed by atoms with E-state index < -0.39 is 6.43 Å². The van der Waals surface area contributed by atoms with Crippen molar-refractivity contribution in [2.75, 3.05) is 31.1 Å². The van der Waals surface area contributed by atoms with Gasteiger partial charge in [0, 0.05) is 19.2 Å². The van der Waals surface area contributed by atoms with Gasteiger partial charge in [-0.3, -0.25) is 20.4 Å². The summed E-state index contributed by atoms with van der Waals surface area (Å²) in [4.78, 5) is 15.1. The van der Waals surface area contributed by atoms with Crippen molar-refractivity contribution in [1.29, 1.82) is 5.41 Å². The Morgan fingerprint density at radius 2 is 2.07 bits per heavy atom. The average Bonchev–Trinajstić information content (AvgIpc) is 3.06. The van der Waals surface area contributed by atoms with Crippen molar-refractivity contribution in [3.8, 4) is 0 Å². The molecule has 2 saturated heterocycles. The van der Waals surface area contributed by atoms with Gasteiger partial charge in [0.25, 0.3) is 6.43 Å². The first-order chi connectivity index (χ1) is 13.5. The second-order valence-corrected chi connectivity index (χ2v) is 7.53. The number of anilines is 1. The van der Waals surface area contributed by atoms with Gasteiger partial charge in [-0.2, -0.15) is 5.10 Å². The van der Waals surface area contributed by atoms with Crippen molar-refractivity contribution < 1.29 is 13.6 Å². The molecule has 2 aromatic rings. The quantitative estimate of drug-likeness (QED) is 0.820. The molecule has 150 valence electrons. The molecule has 2 fully saturated rings. The average molecular weight is 390 g/mol. The number of aromatic nitrogens is 2. The van der Waals surface area contributed by atoms with Gasteiger partial charge in [-0.25, -0.2) is 13.3 Å². The maximum Gasteiger partial charge on any atom is 0.251 e. The summed E-state index contributed by atoms with van der Waals surface area (Å²) >= 11 is 0. The highest BCUT2D eigenvalue weighted by molar-refractivity contribution is 6.08. The number of carbonyl (C=O) groups is 1. The van der Waals surface area contributed by atoms with Crippen molar-refractivity contribution in [1.82, 2.24) is 19.8 Å². The maximum atomic E-state index is 12.5. The van der Waals surface area contributed by atoms with E-state index in [0.29, 0.717) is 18.9 Å². The third kappa shape index (κ3) is 3.99. The minimum Gasteiger partial charge on any atom is -0.309 e. The van der Waals surface area contributed by atoms with Gasteiger partial charge in [0.15, 0.2) is 0 Å². The van der Waals surface area contributed by atoms with Gasteiger partial charge in [-0.15, -0.1) is 0 Å². The molecule has 4 heterocycles. The molecular weight excluding hydrogens is 366 g/mol. The number of carbonyl (C=O) groups excluding carboxylic acids is 1. The number of rotatable bonds is 5. The molecule has 9 heteroatoms. The SMILES string of the molecule is N=C1NC(=O)CCN1c1cnn2ccc(CC3CCN(CC(F)F)CC3)cc12. The van der Waals surface area contributed by atoms with Crippen LogP contribution in [-0.4, -0.2) is 59.0 Å². The molecule has 0 aliphatic carbocycles. The van der Waals surface area contributed by atoms with E-state index >= 15 is 0 Å². The van der Waals surface area contributed by atoms with Gasteiger partial charge in [-0.1, -0.05) is 0 Å². The molecule has 2 aliphatic rings. The molecule has 2 N–H and O–H groups in total. The van der Waals surface area contributed by atoms with Crippen LogP contribution < -0.4 is 10.2 Å². The lowest BCUT2D eigenvalue weighted by atomic mass is 9.90. The molecular formula is C19H24F2N6O. The minimum absolute atomic E-state index is 0.0722. The molecule has 0 bridgehead atoms. The first-order valence-corrected chi connectivity index (χ1v) is 9.62. The number of piperidine rings is 1. The molecule has 28 heavy (non-hydrogen) atoms. The lowest BCUT2D eigenvalue weighted by molar-refractivity contribution is -0.119. The van der Waals surface area contributed by atoms with Gasteiger partial charge in [0.05, 0.1) is 23.9 Å². The van der Waals surface area contributed by atoms with E-state index in [0.717, 1.165) is 43.6 Å². The molecule has 2 aromatic heterocycles. The van der Waals surface area contributed by atoms with Crippen molar-refractivity contribution in [2.45, 2.75) is 32.1 Å². The van der Waals surface area contributed by atoms with Crippen LogP contribution in [0.5, 0.6) is 0 Å². The number of nitrogens with one attached hydrogen (secondary N) is 2. The molecule has 4 rings (SSSR count). The van der Waals surface area contributed by atoms with Gasteiger partial charge in [0.2, 0.25) is 11.9 Å². The number of hydrogen-bond donors (Lipinski definition) is 2. The van der Waals surface area contributed by atoms with E-state index in [4.69, 9.17) is 5.41 Å². The van der Waals surface area contributed by atoms with E-state index in [9.17, 15) is 13.6 Å². The van der Waals surface area contributed by atoms with Crippen molar-refractivity contribution in [3.05, 3.63) is 30.1 Å². The van der Waals surface area contributed by atoms with E-state index in [2.05, 4.69) is 16.5 Å². The number of likely N-dealkylation sites (tertiary alicyclic amines) is 1. The summed E-state index contributed by atoms with van der Waals surface area (Å²) in [5, 5.41) is 15.0. The Morgan fingerprint density at radius 3 is 2.79 bits per heavy atom. The second-order valence-electron chi connectivity index (χ2n) is 7.53. The highest BCUT2D eigenvalue weighted by Crippen LogP contribution is 2.27. The predicted molar refractivity (Wildman–Crippen MR) is 102 cm³/mol. The van der Waals surface area contributed by atoms with Crippen LogP contribution in [0.2, 0.25) is 0 Å². The largest absolute Gasteiger partial charge is 0.309 e. The van der Waals surface area contributed by atoms with Crippen LogP contribution in [0, 0.1) is 11.3 Å². The summed E-state index contributed by atoms with van der Waals surface area (Å²) in [7, 11) is 0. The fourth-order valence-electron chi connectivity index (χ4n) is 4.08. The fraction of sp³-hybridized carbons (Fsp3) is 0.526. The van der Waals surface area contributed by atoms with Gasteiger partial charge in [0.1, 0.15) is 0 Å². The Bertz CT molecular complexity index is 874. The Morgan fingerprint density at radius 1 is 1.29 bits per heavy atom. The summed E-state index contributed by atoms with van der Waals surface area (Å²) in [5.74, 6) is 0.412. The van der Waals surface area contributed by atoms with Crippen molar-refractivity contribution >= 4 is 23.1 Å². The third-order valence-corrected chi connectivity index (χ3v) is 5.57. The topological polar surface area (TPSA) is 76.7 Å². The maximum absolute atomic E-state index is 12.5. The second kappa shape index (κ2) is 7.83. The van der Waals surface area contributed by atoms with Crippen LogP contribution in [0.15, 0.2) is 24.5 Å². The number of hydrogen-bond acceptors (Lipinski definition) is 4. The molecule has 0 unspecified atom stereocenters. The zero-order chi connectivity index (χ0) is 19.7. The monoisotopic (exact) mass is 390 g/mol. The molecule has 0 atom stereocenters. The van der Waals surface area contributed by atoms with Gasteiger partial charge >= 0.3 is 0 Å².